The van der Waals surface area contributed by atoms with Gasteiger partial charge in [0.05, 0.1) is 18.3 Å². The number of halogens is 2. The third-order valence-electron chi connectivity index (χ3n) is 5.25. The van der Waals surface area contributed by atoms with E-state index in [0.29, 0.717) is 25.8 Å². The van der Waals surface area contributed by atoms with E-state index in [1.807, 2.05) is 0 Å². The molecule has 27 heavy (non-hydrogen) atoms. The maximum absolute atomic E-state index is 13.7. The van der Waals surface area contributed by atoms with Crippen molar-refractivity contribution in [1.82, 2.24) is 10.2 Å². The molecule has 8 heteroatoms. The molecule has 1 heterocycles. The lowest BCUT2D eigenvalue weighted by atomic mass is 10.1. The third-order valence-corrected chi connectivity index (χ3v) is 5.25. The first kappa shape index (κ1) is 19.2. The lowest BCUT2D eigenvalue weighted by Gasteiger charge is -2.21. The van der Waals surface area contributed by atoms with E-state index in [1.165, 1.54) is 0 Å². The monoisotopic (exact) mass is 376 g/mol. The zero-order chi connectivity index (χ0) is 19.4. The van der Waals surface area contributed by atoms with E-state index < -0.39 is 11.6 Å². The summed E-state index contributed by atoms with van der Waals surface area (Å²) in [6.07, 6.45) is 3.41. The third kappa shape index (κ3) is 4.61. The Balaban J connectivity index is 1.47. The van der Waals surface area contributed by atoms with E-state index in [0.717, 1.165) is 31.0 Å². The second kappa shape index (κ2) is 8.44. The molecule has 0 spiro atoms. The molecule has 1 aliphatic carbocycles. The number of likely N-dealkylation sites (tertiary alicyclic amines) is 1. The highest BCUT2D eigenvalue weighted by atomic mass is 19.1. The first-order valence-corrected chi connectivity index (χ1v) is 9.16. The van der Waals surface area contributed by atoms with Gasteiger partial charge in [0.25, 0.3) is 0 Å². The Kier molecular flexibility index (Phi) is 6.01. The number of carbonyl (C=O) groups is 2. The Morgan fingerprint density at radius 1 is 1.26 bits per heavy atom. The average molecular weight is 376 g/mol. The number of anilines is 1. The Bertz CT molecular complexity index is 765. The van der Waals surface area contributed by atoms with Crippen LogP contribution in [0.1, 0.15) is 32.1 Å². The summed E-state index contributed by atoms with van der Waals surface area (Å²) in [4.78, 5) is 26.2. The fourth-order valence-corrected chi connectivity index (χ4v) is 3.77. The smallest absolute Gasteiger partial charge is 0.237 e. The Labute approximate surface area is 156 Å². The lowest BCUT2D eigenvalue weighted by molar-refractivity contribution is -0.130. The van der Waals surface area contributed by atoms with Gasteiger partial charge in [-0.2, -0.15) is 5.26 Å². The van der Waals surface area contributed by atoms with Gasteiger partial charge in [0, 0.05) is 24.6 Å². The number of hydrogen-bond acceptors (Lipinski definition) is 4. The van der Waals surface area contributed by atoms with Crippen LogP contribution in [0, 0.1) is 28.9 Å². The number of benzene rings is 1. The van der Waals surface area contributed by atoms with Crippen LogP contribution < -0.4 is 10.6 Å². The van der Waals surface area contributed by atoms with Gasteiger partial charge < -0.3 is 15.5 Å². The largest absolute Gasteiger partial charge is 0.326 e. The standard InChI is InChI=1S/C19H22F2N4O2/c20-13-4-6-16(21)17(9-13)24-19(27)12-3-5-14(8-12)23-11-18(26)25-7-1-2-15(25)10-22/h4,6,9,12,14-15,23H,1-3,5,7-8,11H2,(H,24,27)/t12?,14?,15-/m0/s1. The van der Waals surface area contributed by atoms with Gasteiger partial charge in [0.2, 0.25) is 11.8 Å². The van der Waals surface area contributed by atoms with Gasteiger partial charge in [-0.3, -0.25) is 9.59 Å². The summed E-state index contributed by atoms with van der Waals surface area (Å²) in [5, 5.41) is 14.7. The highest BCUT2D eigenvalue weighted by Crippen LogP contribution is 2.27. The molecule has 1 saturated carbocycles. The van der Waals surface area contributed by atoms with E-state index in [2.05, 4.69) is 16.7 Å². The van der Waals surface area contributed by atoms with Crippen molar-refractivity contribution in [1.29, 1.82) is 5.26 Å². The molecule has 1 aromatic rings. The molecule has 0 radical (unpaired) electrons. The van der Waals surface area contributed by atoms with Crippen molar-refractivity contribution in [3.8, 4) is 6.07 Å². The fourth-order valence-electron chi connectivity index (χ4n) is 3.77. The molecule has 2 fully saturated rings. The van der Waals surface area contributed by atoms with Crippen LogP contribution in [0.15, 0.2) is 18.2 Å². The van der Waals surface area contributed by atoms with E-state index in [4.69, 9.17) is 5.26 Å². The SMILES string of the molecule is N#C[C@@H]1CCCN1C(=O)CNC1CCC(C(=O)Nc2cc(F)ccc2F)C1. The van der Waals surface area contributed by atoms with E-state index in [-0.39, 0.29) is 42.0 Å². The van der Waals surface area contributed by atoms with Crippen molar-refractivity contribution in [3.05, 3.63) is 29.8 Å². The number of nitrogens with one attached hydrogen (secondary N) is 2. The first-order valence-electron chi connectivity index (χ1n) is 9.16. The van der Waals surface area contributed by atoms with Crippen molar-refractivity contribution in [3.63, 3.8) is 0 Å². The first-order chi connectivity index (χ1) is 13.0. The van der Waals surface area contributed by atoms with E-state index >= 15 is 0 Å². The Morgan fingerprint density at radius 3 is 2.85 bits per heavy atom. The molecule has 2 amide bonds. The maximum Gasteiger partial charge on any atom is 0.237 e. The minimum Gasteiger partial charge on any atom is -0.326 e. The number of nitriles is 1. The zero-order valence-corrected chi connectivity index (χ0v) is 14.9. The maximum atomic E-state index is 13.7. The molecule has 6 nitrogen and oxygen atoms in total. The number of amides is 2. The van der Waals surface area contributed by atoms with Crippen LogP contribution in [0.3, 0.4) is 0 Å². The molecule has 3 rings (SSSR count). The van der Waals surface area contributed by atoms with E-state index in [1.54, 1.807) is 4.90 Å². The van der Waals surface area contributed by atoms with Crippen LogP contribution in [0.25, 0.3) is 0 Å². The number of carbonyl (C=O) groups excluding carboxylic acids is 2. The van der Waals surface area contributed by atoms with Crippen LogP contribution in [0.5, 0.6) is 0 Å². The predicted molar refractivity (Wildman–Crippen MR) is 94.5 cm³/mol. The molecule has 2 N–H and O–H groups in total. The summed E-state index contributed by atoms with van der Waals surface area (Å²) in [5.74, 6) is -2.07. The van der Waals surface area contributed by atoms with E-state index in [9.17, 15) is 18.4 Å². The minimum absolute atomic E-state index is 0.00481. The van der Waals surface area contributed by atoms with Gasteiger partial charge in [-0.15, -0.1) is 0 Å². The summed E-state index contributed by atoms with van der Waals surface area (Å²) >= 11 is 0. The highest BCUT2D eigenvalue weighted by molar-refractivity contribution is 5.92. The van der Waals surface area contributed by atoms with Gasteiger partial charge in [0.1, 0.15) is 17.7 Å². The summed E-state index contributed by atoms with van der Waals surface area (Å²) in [5.41, 5.74) is -0.164. The van der Waals surface area contributed by atoms with Crippen LogP contribution in [-0.2, 0) is 9.59 Å². The molecule has 0 bridgehead atoms. The number of nitrogens with zero attached hydrogens (tertiary/aromatic N) is 2. The molecular weight excluding hydrogens is 354 g/mol. The number of hydrogen-bond donors (Lipinski definition) is 2. The quantitative estimate of drug-likeness (QED) is 0.825. The summed E-state index contributed by atoms with van der Waals surface area (Å²) in [6.45, 7) is 0.739. The van der Waals surface area contributed by atoms with Crippen molar-refractivity contribution in [2.24, 2.45) is 5.92 Å². The topological polar surface area (TPSA) is 85.2 Å². The van der Waals surface area contributed by atoms with Crippen molar-refractivity contribution < 1.29 is 18.4 Å². The van der Waals surface area contributed by atoms with Gasteiger partial charge in [-0.1, -0.05) is 0 Å². The van der Waals surface area contributed by atoms with Gasteiger partial charge in [0.15, 0.2) is 0 Å². The fraction of sp³-hybridized carbons (Fsp3) is 0.526. The van der Waals surface area contributed by atoms with Crippen molar-refractivity contribution in [2.75, 3.05) is 18.4 Å². The van der Waals surface area contributed by atoms with Crippen molar-refractivity contribution in [2.45, 2.75) is 44.2 Å². The second-order valence-electron chi connectivity index (χ2n) is 7.08. The Hall–Kier alpha value is -2.53. The average Bonchev–Trinajstić information content (AvgIpc) is 3.31. The summed E-state index contributed by atoms with van der Waals surface area (Å²) in [7, 11) is 0. The molecule has 2 unspecified atom stereocenters. The predicted octanol–water partition coefficient (Wildman–Crippen LogP) is 2.18. The van der Waals surface area contributed by atoms with Gasteiger partial charge in [-0.05, 0) is 44.2 Å². The minimum atomic E-state index is -0.680. The molecule has 3 atom stereocenters. The lowest BCUT2D eigenvalue weighted by Crippen LogP contribution is -2.43. The zero-order valence-electron chi connectivity index (χ0n) is 14.9. The highest BCUT2D eigenvalue weighted by Gasteiger charge is 2.32. The Morgan fingerprint density at radius 2 is 2.07 bits per heavy atom. The van der Waals surface area contributed by atoms with Crippen LogP contribution >= 0.6 is 0 Å². The molecule has 1 aromatic carbocycles. The van der Waals surface area contributed by atoms with Crippen LogP contribution in [0.2, 0.25) is 0 Å². The van der Waals surface area contributed by atoms with Gasteiger partial charge >= 0.3 is 0 Å². The molecule has 144 valence electrons. The molecular formula is C19H22F2N4O2. The summed E-state index contributed by atoms with van der Waals surface area (Å²) in [6, 6.07) is 4.73. The molecule has 0 aromatic heterocycles. The molecule has 2 aliphatic rings. The summed E-state index contributed by atoms with van der Waals surface area (Å²) < 4.78 is 26.9. The number of rotatable bonds is 5. The normalized spacial score (nSPS) is 24.6. The molecule has 1 aliphatic heterocycles. The van der Waals surface area contributed by atoms with Crippen LogP contribution in [0.4, 0.5) is 14.5 Å². The molecule has 1 saturated heterocycles. The second-order valence-corrected chi connectivity index (χ2v) is 7.08. The van der Waals surface area contributed by atoms with Crippen LogP contribution in [-0.4, -0.2) is 41.9 Å². The van der Waals surface area contributed by atoms with Gasteiger partial charge in [-0.25, -0.2) is 8.78 Å². The van der Waals surface area contributed by atoms with Crippen molar-refractivity contribution >= 4 is 17.5 Å².